The van der Waals surface area contributed by atoms with Crippen molar-refractivity contribution < 1.29 is 9.59 Å². The Morgan fingerprint density at radius 1 is 1.03 bits per heavy atom. The summed E-state index contributed by atoms with van der Waals surface area (Å²) in [6.07, 6.45) is 0.461. The van der Waals surface area contributed by atoms with Crippen molar-refractivity contribution in [2.75, 3.05) is 10.6 Å². The van der Waals surface area contributed by atoms with Crippen LogP contribution in [0.3, 0.4) is 0 Å². The van der Waals surface area contributed by atoms with Crippen molar-refractivity contribution in [3.63, 3.8) is 0 Å². The number of rotatable bonds is 7. The zero-order valence-electron chi connectivity index (χ0n) is 19.1. The maximum atomic E-state index is 12.7. The Kier molecular flexibility index (Phi) is 7.74. The average molecular weight is 468 g/mol. The highest BCUT2D eigenvalue weighted by atomic mass is 32.2. The van der Waals surface area contributed by atoms with Gasteiger partial charge in [-0.1, -0.05) is 51.1 Å². The number of carbonyl (C=O) groups is 2. The molecule has 2 N–H and O–H groups in total. The second-order valence-electron chi connectivity index (χ2n) is 8.85. The van der Waals surface area contributed by atoms with Gasteiger partial charge in [0.25, 0.3) is 0 Å². The fraction of sp³-hybridized carbons (Fsp3) is 0.320. The van der Waals surface area contributed by atoms with Gasteiger partial charge in [-0.05, 0) is 43.5 Å². The van der Waals surface area contributed by atoms with Crippen LogP contribution in [-0.2, 0) is 9.59 Å². The summed E-state index contributed by atoms with van der Waals surface area (Å²) in [6, 6.07) is 17.5. The van der Waals surface area contributed by atoms with Gasteiger partial charge in [-0.15, -0.1) is 23.1 Å². The van der Waals surface area contributed by atoms with Crippen LogP contribution < -0.4 is 10.6 Å². The molecule has 3 rings (SSSR count). The highest BCUT2D eigenvalue weighted by molar-refractivity contribution is 8.00. The summed E-state index contributed by atoms with van der Waals surface area (Å²) >= 11 is 2.95. The first-order valence-corrected chi connectivity index (χ1v) is 12.2. The van der Waals surface area contributed by atoms with Crippen molar-refractivity contribution in [2.24, 2.45) is 5.41 Å². The molecule has 0 aliphatic heterocycles. The molecule has 32 heavy (non-hydrogen) atoms. The Bertz CT molecular complexity index is 1070. The molecule has 5 nitrogen and oxygen atoms in total. The molecule has 2 aromatic carbocycles. The SMILES string of the molecule is Cc1sc(NC(=O)C(C)Sc2ccc(NC(=O)CC(C)(C)C)cc2)nc1-c1ccccc1. The van der Waals surface area contributed by atoms with Crippen LogP contribution in [0.4, 0.5) is 10.8 Å². The molecule has 0 saturated heterocycles. The Morgan fingerprint density at radius 3 is 2.31 bits per heavy atom. The molecule has 7 heteroatoms. The average Bonchev–Trinajstić information content (AvgIpc) is 3.08. The third-order valence-electron chi connectivity index (χ3n) is 4.58. The topological polar surface area (TPSA) is 71.1 Å². The number of aryl methyl sites for hydroxylation is 1. The normalized spacial score (nSPS) is 12.3. The summed E-state index contributed by atoms with van der Waals surface area (Å²) in [6.45, 7) is 9.99. The van der Waals surface area contributed by atoms with Crippen LogP contribution in [0.15, 0.2) is 59.5 Å². The quantitative estimate of drug-likeness (QED) is 0.383. The summed E-state index contributed by atoms with van der Waals surface area (Å²) in [4.78, 5) is 31.4. The van der Waals surface area contributed by atoms with Crippen molar-refractivity contribution in [1.29, 1.82) is 0 Å². The fourth-order valence-corrected chi connectivity index (χ4v) is 4.79. The lowest BCUT2D eigenvalue weighted by atomic mass is 9.92. The Morgan fingerprint density at radius 2 is 1.69 bits per heavy atom. The van der Waals surface area contributed by atoms with Crippen LogP contribution in [0.25, 0.3) is 11.3 Å². The van der Waals surface area contributed by atoms with E-state index < -0.39 is 0 Å². The molecule has 1 atom stereocenters. The number of aromatic nitrogens is 1. The number of nitrogens with one attached hydrogen (secondary N) is 2. The molecular formula is C25H29N3O2S2. The van der Waals surface area contributed by atoms with Crippen molar-refractivity contribution in [1.82, 2.24) is 4.98 Å². The maximum absolute atomic E-state index is 12.7. The number of benzene rings is 2. The van der Waals surface area contributed by atoms with E-state index in [0.29, 0.717) is 11.6 Å². The smallest absolute Gasteiger partial charge is 0.239 e. The summed E-state index contributed by atoms with van der Waals surface area (Å²) in [7, 11) is 0. The van der Waals surface area contributed by atoms with Crippen LogP contribution in [0.5, 0.6) is 0 Å². The van der Waals surface area contributed by atoms with Crippen LogP contribution >= 0.6 is 23.1 Å². The molecule has 0 spiro atoms. The van der Waals surface area contributed by atoms with Crippen molar-refractivity contribution in [2.45, 2.75) is 51.2 Å². The maximum Gasteiger partial charge on any atom is 0.239 e. The summed E-state index contributed by atoms with van der Waals surface area (Å²) in [5.74, 6) is -0.0924. The minimum Gasteiger partial charge on any atom is -0.326 e. The molecule has 168 valence electrons. The van der Waals surface area contributed by atoms with E-state index in [4.69, 9.17) is 0 Å². The standard InChI is InChI=1S/C25H29N3O2S2/c1-16-22(18-9-7-6-8-10-18)27-24(32-16)28-23(30)17(2)31-20-13-11-19(12-14-20)26-21(29)15-25(3,4)5/h6-14,17H,15H2,1-5H3,(H,26,29)(H,27,28,30). The lowest BCUT2D eigenvalue weighted by Crippen LogP contribution is -2.22. The molecule has 1 heterocycles. The molecule has 2 amide bonds. The van der Waals surface area contributed by atoms with Gasteiger partial charge >= 0.3 is 0 Å². The Balaban J connectivity index is 1.56. The van der Waals surface area contributed by atoms with E-state index in [1.807, 2.05) is 89.2 Å². The first-order valence-electron chi connectivity index (χ1n) is 10.5. The Hall–Kier alpha value is -2.64. The highest BCUT2D eigenvalue weighted by Gasteiger charge is 2.18. The third-order valence-corrected chi connectivity index (χ3v) is 6.58. The molecule has 0 aliphatic rings. The third kappa shape index (κ3) is 6.93. The van der Waals surface area contributed by atoms with Gasteiger partial charge in [0.15, 0.2) is 5.13 Å². The van der Waals surface area contributed by atoms with Crippen LogP contribution in [0, 0.1) is 12.3 Å². The first-order chi connectivity index (χ1) is 15.1. The molecule has 1 aromatic heterocycles. The van der Waals surface area contributed by atoms with E-state index in [-0.39, 0.29) is 22.5 Å². The fourth-order valence-electron chi connectivity index (χ4n) is 3.08. The highest BCUT2D eigenvalue weighted by Crippen LogP contribution is 2.31. The molecular weight excluding hydrogens is 438 g/mol. The van der Waals surface area contributed by atoms with Crippen LogP contribution in [0.1, 0.15) is 39.0 Å². The van der Waals surface area contributed by atoms with Crippen molar-refractivity contribution >= 4 is 45.7 Å². The van der Waals surface area contributed by atoms with Gasteiger partial charge in [0.1, 0.15) is 0 Å². The van der Waals surface area contributed by atoms with Gasteiger partial charge in [-0.3, -0.25) is 9.59 Å². The number of thioether (sulfide) groups is 1. The zero-order chi connectivity index (χ0) is 23.3. The molecule has 0 radical (unpaired) electrons. The van der Waals surface area contributed by atoms with Gasteiger partial charge < -0.3 is 10.6 Å². The predicted molar refractivity (Wildman–Crippen MR) is 135 cm³/mol. The van der Waals surface area contributed by atoms with Crippen molar-refractivity contribution in [3.05, 3.63) is 59.5 Å². The summed E-state index contributed by atoms with van der Waals surface area (Å²) < 4.78 is 0. The summed E-state index contributed by atoms with van der Waals surface area (Å²) in [5.41, 5.74) is 2.64. The summed E-state index contributed by atoms with van der Waals surface area (Å²) in [5, 5.41) is 6.18. The van der Waals surface area contributed by atoms with E-state index in [0.717, 1.165) is 26.7 Å². The molecule has 0 aliphatic carbocycles. The van der Waals surface area contributed by atoms with E-state index in [1.54, 1.807) is 0 Å². The largest absolute Gasteiger partial charge is 0.326 e. The number of amides is 2. The minimum absolute atomic E-state index is 0.000683. The molecule has 0 bridgehead atoms. The van der Waals surface area contributed by atoms with Gasteiger partial charge in [-0.25, -0.2) is 4.98 Å². The number of anilines is 2. The van der Waals surface area contributed by atoms with Crippen LogP contribution in [0.2, 0.25) is 0 Å². The zero-order valence-corrected chi connectivity index (χ0v) is 20.7. The van der Waals surface area contributed by atoms with Gasteiger partial charge in [0, 0.05) is 27.4 Å². The minimum atomic E-state index is -0.291. The van der Waals surface area contributed by atoms with Gasteiger partial charge in [0.2, 0.25) is 11.8 Å². The number of hydrogen-bond donors (Lipinski definition) is 2. The van der Waals surface area contributed by atoms with E-state index in [2.05, 4.69) is 15.6 Å². The number of nitrogens with zero attached hydrogens (tertiary/aromatic N) is 1. The van der Waals surface area contributed by atoms with E-state index >= 15 is 0 Å². The first kappa shape index (κ1) is 24.0. The van der Waals surface area contributed by atoms with E-state index in [1.165, 1.54) is 23.1 Å². The number of hydrogen-bond acceptors (Lipinski definition) is 5. The monoisotopic (exact) mass is 467 g/mol. The van der Waals surface area contributed by atoms with Crippen LogP contribution in [-0.4, -0.2) is 22.0 Å². The second kappa shape index (κ2) is 10.3. The van der Waals surface area contributed by atoms with Crippen molar-refractivity contribution in [3.8, 4) is 11.3 Å². The predicted octanol–water partition coefficient (Wildman–Crippen LogP) is 6.61. The van der Waals surface area contributed by atoms with Gasteiger partial charge in [-0.2, -0.15) is 0 Å². The lowest BCUT2D eigenvalue weighted by Gasteiger charge is -2.17. The van der Waals surface area contributed by atoms with Gasteiger partial charge in [0.05, 0.1) is 10.9 Å². The second-order valence-corrected chi connectivity index (χ2v) is 11.5. The van der Waals surface area contributed by atoms with E-state index in [9.17, 15) is 9.59 Å². The molecule has 0 fully saturated rings. The Labute approximate surface area is 198 Å². The molecule has 1 unspecified atom stereocenters. The molecule has 3 aromatic rings. The lowest BCUT2D eigenvalue weighted by molar-refractivity contribution is -0.118. The number of carbonyl (C=O) groups excluding carboxylic acids is 2. The number of thiazole rings is 1. The molecule has 0 saturated carbocycles.